The first-order valence-corrected chi connectivity index (χ1v) is 5.16. The second-order valence-electron chi connectivity index (χ2n) is 4.16. The van der Waals surface area contributed by atoms with Crippen LogP contribution in [0.5, 0.6) is 0 Å². The van der Waals surface area contributed by atoms with Crippen molar-refractivity contribution in [3.63, 3.8) is 0 Å². The average molecular weight is 208 g/mol. The van der Waals surface area contributed by atoms with Crippen LogP contribution in [0.1, 0.15) is 19.8 Å². The van der Waals surface area contributed by atoms with Crippen LogP contribution in [0.2, 0.25) is 0 Å². The van der Waals surface area contributed by atoms with E-state index in [1.54, 1.807) is 24.0 Å². The molecule has 1 saturated heterocycles. The fourth-order valence-electron chi connectivity index (χ4n) is 1.84. The zero-order valence-corrected chi connectivity index (χ0v) is 9.08. The van der Waals surface area contributed by atoms with E-state index in [1.165, 1.54) is 0 Å². The molecule has 1 aliphatic rings. The van der Waals surface area contributed by atoms with Gasteiger partial charge in [-0.25, -0.2) is 0 Å². The summed E-state index contributed by atoms with van der Waals surface area (Å²) >= 11 is 0. The first kappa shape index (κ1) is 10.2. The van der Waals surface area contributed by atoms with E-state index in [-0.39, 0.29) is 5.91 Å². The molecule has 1 atom stereocenters. The molecule has 0 saturated carbocycles. The van der Waals surface area contributed by atoms with E-state index in [0.717, 1.165) is 25.2 Å². The average Bonchev–Trinajstić information content (AvgIpc) is 2.78. The van der Waals surface area contributed by atoms with Crippen LogP contribution in [0.25, 0.3) is 0 Å². The Hall–Kier alpha value is -1.36. The first-order valence-electron chi connectivity index (χ1n) is 5.16. The minimum absolute atomic E-state index is 0.0172. The number of aryl methyl sites for hydroxylation is 1. The number of hydrogen-bond donors (Lipinski definition) is 2. The van der Waals surface area contributed by atoms with Crippen molar-refractivity contribution in [2.45, 2.75) is 25.3 Å². The van der Waals surface area contributed by atoms with Gasteiger partial charge in [0.2, 0.25) is 5.91 Å². The van der Waals surface area contributed by atoms with E-state index in [0.29, 0.717) is 0 Å². The summed E-state index contributed by atoms with van der Waals surface area (Å²) in [5, 5.41) is 10.1. The third kappa shape index (κ3) is 1.87. The summed E-state index contributed by atoms with van der Waals surface area (Å²) in [4.78, 5) is 12.0. The van der Waals surface area contributed by atoms with Gasteiger partial charge in [0.15, 0.2) is 0 Å². The summed E-state index contributed by atoms with van der Waals surface area (Å²) in [7, 11) is 1.81. The number of nitrogens with zero attached hydrogens (tertiary/aromatic N) is 2. The number of carbonyl (C=O) groups is 1. The molecular weight excluding hydrogens is 192 g/mol. The number of amides is 1. The minimum atomic E-state index is -0.426. The largest absolute Gasteiger partial charge is 0.309 e. The van der Waals surface area contributed by atoms with Crippen molar-refractivity contribution in [1.29, 1.82) is 0 Å². The standard InChI is InChI=1S/C10H16N4O/c1-10(5-3-6-11-10)9(15)13-8-4-7-12-14(8)2/h4,7,11H,3,5-6H2,1-2H3,(H,13,15). The Balaban J connectivity index is 2.07. The van der Waals surface area contributed by atoms with Crippen LogP contribution in [-0.4, -0.2) is 27.8 Å². The molecule has 2 heterocycles. The third-order valence-corrected chi connectivity index (χ3v) is 2.93. The van der Waals surface area contributed by atoms with Crippen LogP contribution in [0.3, 0.4) is 0 Å². The molecule has 1 amide bonds. The Labute approximate surface area is 88.8 Å². The van der Waals surface area contributed by atoms with Crippen molar-refractivity contribution in [1.82, 2.24) is 15.1 Å². The van der Waals surface area contributed by atoms with Crippen LogP contribution in [-0.2, 0) is 11.8 Å². The highest BCUT2D eigenvalue weighted by atomic mass is 16.2. The van der Waals surface area contributed by atoms with Gasteiger partial charge in [0.05, 0.1) is 11.7 Å². The van der Waals surface area contributed by atoms with Gasteiger partial charge in [0.1, 0.15) is 5.82 Å². The highest BCUT2D eigenvalue weighted by Gasteiger charge is 2.36. The number of aromatic nitrogens is 2. The maximum atomic E-state index is 12.0. The summed E-state index contributed by atoms with van der Waals surface area (Å²) in [5.74, 6) is 0.749. The highest BCUT2D eigenvalue weighted by Crippen LogP contribution is 2.20. The van der Waals surface area contributed by atoms with Crippen molar-refractivity contribution in [2.75, 3.05) is 11.9 Å². The topological polar surface area (TPSA) is 59.0 Å². The van der Waals surface area contributed by atoms with E-state index in [9.17, 15) is 4.79 Å². The maximum Gasteiger partial charge on any atom is 0.245 e. The van der Waals surface area contributed by atoms with Crippen LogP contribution >= 0.6 is 0 Å². The third-order valence-electron chi connectivity index (χ3n) is 2.93. The van der Waals surface area contributed by atoms with Crippen molar-refractivity contribution in [2.24, 2.45) is 7.05 Å². The van der Waals surface area contributed by atoms with Gasteiger partial charge in [-0.3, -0.25) is 9.48 Å². The molecule has 5 nitrogen and oxygen atoms in total. The Morgan fingerprint density at radius 1 is 1.73 bits per heavy atom. The molecule has 2 N–H and O–H groups in total. The van der Waals surface area contributed by atoms with Crippen molar-refractivity contribution in [3.8, 4) is 0 Å². The Bertz CT molecular complexity index is 365. The Morgan fingerprint density at radius 2 is 2.53 bits per heavy atom. The highest BCUT2D eigenvalue weighted by molar-refractivity contribution is 5.97. The van der Waals surface area contributed by atoms with Crippen LogP contribution < -0.4 is 10.6 Å². The van der Waals surface area contributed by atoms with Crippen molar-refractivity contribution < 1.29 is 4.79 Å². The predicted octanol–water partition coefficient (Wildman–Crippen LogP) is 0.501. The molecule has 82 valence electrons. The van der Waals surface area contributed by atoms with E-state index in [4.69, 9.17) is 0 Å². The summed E-state index contributed by atoms with van der Waals surface area (Å²) in [6, 6.07) is 1.79. The van der Waals surface area contributed by atoms with Gasteiger partial charge >= 0.3 is 0 Å². The van der Waals surface area contributed by atoms with Gasteiger partial charge < -0.3 is 10.6 Å². The lowest BCUT2D eigenvalue weighted by Crippen LogP contribution is -2.48. The Kier molecular flexibility index (Phi) is 2.48. The van der Waals surface area contributed by atoms with Gasteiger partial charge in [-0.15, -0.1) is 0 Å². The fourth-order valence-corrected chi connectivity index (χ4v) is 1.84. The zero-order valence-electron chi connectivity index (χ0n) is 9.08. The summed E-state index contributed by atoms with van der Waals surface area (Å²) < 4.78 is 1.65. The lowest BCUT2D eigenvalue weighted by atomic mass is 9.99. The molecule has 0 radical (unpaired) electrons. The van der Waals surface area contributed by atoms with E-state index >= 15 is 0 Å². The maximum absolute atomic E-state index is 12.0. The van der Waals surface area contributed by atoms with Gasteiger partial charge in [-0.2, -0.15) is 5.10 Å². The molecule has 1 aliphatic heterocycles. The molecule has 2 rings (SSSR count). The molecule has 1 aromatic rings. The monoisotopic (exact) mass is 208 g/mol. The lowest BCUT2D eigenvalue weighted by molar-refractivity contribution is -0.121. The van der Waals surface area contributed by atoms with Crippen molar-refractivity contribution >= 4 is 11.7 Å². The summed E-state index contributed by atoms with van der Waals surface area (Å²) in [6.45, 7) is 2.85. The number of carbonyl (C=O) groups excluding carboxylic acids is 1. The normalized spacial score (nSPS) is 25.5. The van der Waals surface area contributed by atoms with E-state index in [1.807, 2.05) is 6.92 Å². The zero-order chi connectivity index (χ0) is 10.9. The molecule has 15 heavy (non-hydrogen) atoms. The summed E-state index contributed by atoms with van der Waals surface area (Å²) in [5.41, 5.74) is -0.426. The number of nitrogens with one attached hydrogen (secondary N) is 2. The van der Waals surface area contributed by atoms with Crippen molar-refractivity contribution in [3.05, 3.63) is 12.3 Å². The molecular formula is C10H16N4O. The molecule has 0 bridgehead atoms. The van der Waals surface area contributed by atoms with Gasteiger partial charge in [-0.1, -0.05) is 0 Å². The van der Waals surface area contributed by atoms with Crippen LogP contribution in [0, 0.1) is 0 Å². The lowest BCUT2D eigenvalue weighted by Gasteiger charge is -2.22. The van der Waals surface area contributed by atoms with Gasteiger partial charge in [0.25, 0.3) is 0 Å². The smallest absolute Gasteiger partial charge is 0.245 e. The second kappa shape index (κ2) is 3.66. The number of rotatable bonds is 2. The second-order valence-corrected chi connectivity index (χ2v) is 4.16. The van der Waals surface area contributed by atoms with Gasteiger partial charge in [-0.05, 0) is 26.3 Å². The quantitative estimate of drug-likeness (QED) is 0.744. The molecule has 0 spiro atoms. The Morgan fingerprint density at radius 3 is 3.07 bits per heavy atom. The van der Waals surface area contributed by atoms with Crippen LogP contribution in [0.4, 0.5) is 5.82 Å². The molecule has 5 heteroatoms. The van der Waals surface area contributed by atoms with E-state index in [2.05, 4.69) is 15.7 Å². The predicted molar refractivity (Wildman–Crippen MR) is 57.5 cm³/mol. The fraction of sp³-hybridized carbons (Fsp3) is 0.600. The minimum Gasteiger partial charge on any atom is -0.309 e. The number of anilines is 1. The molecule has 1 aromatic heterocycles. The molecule has 1 unspecified atom stereocenters. The van der Waals surface area contributed by atoms with E-state index < -0.39 is 5.54 Å². The number of hydrogen-bond acceptors (Lipinski definition) is 3. The molecule has 0 aromatic carbocycles. The SMILES string of the molecule is Cn1nccc1NC(=O)C1(C)CCCN1. The summed E-state index contributed by atoms with van der Waals surface area (Å²) in [6.07, 6.45) is 3.60. The van der Waals surface area contributed by atoms with Gasteiger partial charge in [0, 0.05) is 13.1 Å². The molecule has 0 aliphatic carbocycles. The van der Waals surface area contributed by atoms with Crippen LogP contribution in [0.15, 0.2) is 12.3 Å². The molecule has 1 fully saturated rings. The first-order chi connectivity index (χ1) is 7.12.